The van der Waals surface area contributed by atoms with Gasteiger partial charge >= 0.3 is 5.97 Å². The zero-order valence-corrected chi connectivity index (χ0v) is 11.4. The highest BCUT2D eigenvalue weighted by Crippen LogP contribution is 2.21. The predicted octanol–water partition coefficient (Wildman–Crippen LogP) is 2.70. The molecule has 0 aliphatic heterocycles. The largest absolute Gasteiger partial charge is 0.478 e. The van der Waals surface area contributed by atoms with Gasteiger partial charge in [0.2, 0.25) is 5.76 Å². The molecule has 0 atom stereocenters. The summed E-state index contributed by atoms with van der Waals surface area (Å²) in [7, 11) is 0. The van der Waals surface area contributed by atoms with E-state index in [4.69, 9.17) is 9.63 Å². The number of halogens is 1. The number of hydrogen-bond acceptors (Lipinski definition) is 4. The lowest BCUT2D eigenvalue weighted by molar-refractivity contribution is 0.0695. The number of benzene rings is 1. The summed E-state index contributed by atoms with van der Waals surface area (Å²) in [5, 5.41) is 15.0. The number of anilines is 1. The third kappa shape index (κ3) is 2.82. The molecule has 0 saturated carbocycles. The van der Waals surface area contributed by atoms with Gasteiger partial charge < -0.3 is 14.9 Å². The minimum atomic E-state index is -1.08. The number of aromatic carboxylic acids is 1. The molecule has 0 aliphatic rings. The summed E-state index contributed by atoms with van der Waals surface area (Å²) < 4.78 is 5.25. The van der Waals surface area contributed by atoms with Crippen LogP contribution in [0, 0.1) is 6.92 Å². The first-order valence-corrected chi connectivity index (χ1v) is 6.04. The average Bonchev–Trinajstić information content (AvgIpc) is 2.77. The molecule has 1 heterocycles. The number of carbonyl (C=O) groups is 2. The first-order valence-electron chi connectivity index (χ1n) is 5.24. The van der Waals surface area contributed by atoms with Crippen LogP contribution in [0.25, 0.3) is 0 Å². The van der Waals surface area contributed by atoms with E-state index in [1.165, 1.54) is 12.3 Å². The fourth-order valence-electron chi connectivity index (χ4n) is 1.46. The minimum absolute atomic E-state index is 0.0621. The lowest BCUT2D eigenvalue weighted by Gasteiger charge is -2.06. The maximum atomic E-state index is 11.9. The topological polar surface area (TPSA) is 92.4 Å². The van der Waals surface area contributed by atoms with Crippen LogP contribution in [0.5, 0.6) is 0 Å². The Hall–Kier alpha value is -2.15. The van der Waals surface area contributed by atoms with Gasteiger partial charge in [-0.3, -0.25) is 4.79 Å². The summed E-state index contributed by atoms with van der Waals surface area (Å²) in [6, 6.07) is 4.49. The van der Waals surface area contributed by atoms with Crippen LogP contribution in [0.3, 0.4) is 0 Å². The molecule has 0 radical (unpaired) electrons. The van der Waals surface area contributed by atoms with Crippen LogP contribution in [-0.4, -0.2) is 22.1 Å². The van der Waals surface area contributed by atoms with Crippen molar-refractivity contribution in [1.82, 2.24) is 5.16 Å². The number of aryl methyl sites for hydroxylation is 1. The van der Waals surface area contributed by atoms with Crippen LogP contribution >= 0.6 is 15.9 Å². The second-order valence-electron chi connectivity index (χ2n) is 3.79. The van der Waals surface area contributed by atoms with Crippen molar-refractivity contribution in [2.24, 2.45) is 0 Å². The molecule has 0 aliphatic carbocycles. The number of amides is 1. The van der Waals surface area contributed by atoms with Crippen molar-refractivity contribution in [3.05, 3.63) is 45.8 Å². The van der Waals surface area contributed by atoms with Crippen molar-refractivity contribution >= 4 is 33.5 Å². The molecule has 2 aromatic rings. The Morgan fingerprint density at radius 3 is 2.74 bits per heavy atom. The number of carbonyl (C=O) groups excluding carboxylic acids is 1. The van der Waals surface area contributed by atoms with Crippen molar-refractivity contribution in [3.8, 4) is 0 Å². The summed E-state index contributed by atoms with van der Waals surface area (Å²) >= 11 is 3.13. The van der Waals surface area contributed by atoms with Crippen LogP contribution in [0.15, 0.2) is 33.4 Å². The van der Waals surface area contributed by atoms with E-state index in [0.29, 0.717) is 15.7 Å². The molecule has 0 bridgehead atoms. The molecule has 7 heteroatoms. The number of aromatic nitrogens is 1. The third-order valence-corrected chi connectivity index (χ3v) is 3.10. The van der Waals surface area contributed by atoms with Crippen LogP contribution < -0.4 is 5.32 Å². The first kappa shape index (κ1) is 13.3. The molecule has 6 nitrogen and oxygen atoms in total. The number of carboxylic acid groups (broad SMARTS) is 1. The van der Waals surface area contributed by atoms with Crippen LogP contribution in [0.2, 0.25) is 0 Å². The fourth-order valence-corrected chi connectivity index (χ4v) is 1.88. The summed E-state index contributed by atoms with van der Waals surface area (Å²) in [5.74, 6) is -1.47. The van der Waals surface area contributed by atoms with Gasteiger partial charge in [0.1, 0.15) is 0 Å². The van der Waals surface area contributed by atoms with Crippen molar-refractivity contribution < 1.29 is 19.2 Å². The highest BCUT2D eigenvalue weighted by atomic mass is 79.9. The Labute approximate surface area is 116 Å². The molecule has 0 unspecified atom stereocenters. The first-order chi connectivity index (χ1) is 8.99. The molecule has 98 valence electrons. The lowest BCUT2D eigenvalue weighted by atomic mass is 10.2. The number of nitrogens with one attached hydrogen (secondary N) is 1. The van der Waals surface area contributed by atoms with E-state index in [0.717, 1.165) is 0 Å². The summed E-state index contributed by atoms with van der Waals surface area (Å²) in [6.45, 7) is 1.69. The van der Waals surface area contributed by atoms with Crippen molar-refractivity contribution in [1.29, 1.82) is 0 Å². The van der Waals surface area contributed by atoms with Gasteiger partial charge in [-0.25, -0.2) is 4.79 Å². The normalized spacial score (nSPS) is 10.2. The van der Waals surface area contributed by atoms with Gasteiger partial charge in [-0.2, -0.15) is 0 Å². The van der Waals surface area contributed by atoms with Gasteiger partial charge in [0.15, 0.2) is 0 Å². The number of hydrogen-bond donors (Lipinski definition) is 2. The van der Waals surface area contributed by atoms with Gasteiger partial charge in [-0.15, -0.1) is 0 Å². The second-order valence-corrected chi connectivity index (χ2v) is 4.65. The zero-order chi connectivity index (χ0) is 14.0. The molecular weight excluding hydrogens is 316 g/mol. The fraction of sp³-hybridized carbons (Fsp3) is 0.0833. The standard InChI is InChI=1S/C12H9BrN2O4/c1-6-5-14-19-10(6)11(16)15-7-2-3-9(13)8(4-7)12(17)18/h2-5H,1H3,(H,15,16)(H,17,18). The molecule has 2 N–H and O–H groups in total. The van der Waals surface area contributed by atoms with E-state index in [1.54, 1.807) is 19.1 Å². The average molecular weight is 325 g/mol. The quantitative estimate of drug-likeness (QED) is 0.905. The van der Waals surface area contributed by atoms with Gasteiger partial charge in [0.25, 0.3) is 5.91 Å². The summed E-state index contributed by atoms with van der Waals surface area (Å²) in [5.41, 5.74) is 1.03. The monoisotopic (exact) mass is 324 g/mol. The van der Waals surface area contributed by atoms with E-state index in [-0.39, 0.29) is 11.3 Å². The van der Waals surface area contributed by atoms with Crippen molar-refractivity contribution in [2.75, 3.05) is 5.32 Å². The predicted molar refractivity (Wildman–Crippen MR) is 70.3 cm³/mol. The van der Waals surface area contributed by atoms with Crippen molar-refractivity contribution in [3.63, 3.8) is 0 Å². The van der Waals surface area contributed by atoms with Gasteiger partial charge in [0.05, 0.1) is 11.8 Å². The van der Waals surface area contributed by atoms with E-state index in [1.807, 2.05) is 0 Å². The Kier molecular flexibility index (Phi) is 3.66. The second kappa shape index (κ2) is 5.23. The molecule has 19 heavy (non-hydrogen) atoms. The molecular formula is C12H9BrN2O4. The van der Waals surface area contributed by atoms with Crippen LogP contribution in [-0.2, 0) is 0 Å². The highest BCUT2D eigenvalue weighted by molar-refractivity contribution is 9.10. The third-order valence-electron chi connectivity index (χ3n) is 2.41. The number of carboxylic acids is 1. The molecule has 1 aromatic heterocycles. The van der Waals surface area contributed by atoms with Crippen molar-refractivity contribution in [2.45, 2.75) is 6.92 Å². The Balaban J connectivity index is 2.25. The number of rotatable bonds is 3. The highest BCUT2D eigenvalue weighted by Gasteiger charge is 2.16. The Bertz CT molecular complexity index is 651. The molecule has 2 rings (SSSR count). The van der Waals surface area contributed by atoms with Gasteiger partial charge in [-0.1, -0.05) is 5.16 Å². The molecule has 0 fully saturated rings. The summed E-state index contributed by atoms with van der Waals surface area (Å²) in [6.07, 6.45) is 1.43. The number of nitrogens with zero attached hydrogens (tertiary/aromatic N) is 1. The Morgan fingerprint density at radius 1 is 1.42 bits per heavy atom. The van der Waals surface area contributed by atoms with Crippen LogP contribution in [0.1, 0.15) is 26.5 Å². The zero-order valence-electron chi connectivity index (χ0n) is 9.81. The van der Waals surface area contributed by atoms with E-state index < -0.39 is 11.9 Å². The SMILES string of the molecule is Cc1cnoc1C(=O)Nc1ccc(Br)c(C(=O)O)c1. The van der Waals surface area contributed by atoms with E-state index in [2.05, 4.69) is 26.4 Å². The smallest absolute Gasteiger partial charge is 0.336 e. The maximum absolute atomic E-state index is 11.9. The summed E-state index contributed by atoms with van der Waals surface area (Å²) in [4.78, 5) is 22.8. The van der Waals surface area contributed by atoms with Gasteiger partial charge in [-0.05, 0) is 41.1 Å². The molecule has 0 spiro atoms. The van der Waals surface area contributed by atoms with E-state index in [9.17, 15) is 9.59 Å². The Morgan fingerprint density at radius 2 is 2.16 bits per heavy atom. The molecule has 1 aromatic carbocycles. The lowest BCUT2D eigenvalue weighted by Crippen LogP contribution is -2.12. The van der Waals surface area contributed by atoms with Crippen LogP contribution in [0.4, 0.5) is 5.69 Å². The minimum Gasteiger partial charge on any atom is -0.478 e. The van der Waals surface area contributed by atoms with Gasteiger partial charge in [0, 0.05) is 15.7 Å². The van der Waals surface area contributed by atoms with E-state index >= 15 is 0 Å². The molecule has 1 amide bonds. The molecule has 0 saturated heterocycles. The maximum Gasteiger partial charge on any atom is 0.336 e.